The number of nitrogens with zero attached hydrogens (tertiary/aromatic N) is 2. The molecule has 6 heteroatoms. The lowest BCUT2D eigenvalue weighted by atomic mass is 10.1. The van der Waals surface area contributed by atoms with Crippen LogP contribution in [0, 0.1) is 0 Å². The molecular formula is C12H16N4O2. The predicted molar refractivity (Wildman–Crippen MR) is 67.4 cm³/mol. The Bertz CT molecular complexity index is 493. The second-order valence-electron chi connectivity index (χ2n) is 4.03. The van der Waals surface area contributed by atoms with Crippen molar-refractivity contribution in [3.63, 3.8) is 0 Å². The van der Waals surface area contributed by atoms with Crippen LogP contribution in [-0.2, 0) is 6.42 Å². The summed E-state index contributed by atoms with van der Waals surface area (Å²) in [5.41, 5.74) is 7.54. The van der Waals surface area contributed by atoms with Crippen molar-refractivity contribution in [2.45, 2.75) is 19.4 Å². The summed E-state index contributed by atoms with van der Waals surface area (Å²) < 4.78 is 5.33. The standard InChI is InChI=1S/C12H16N4O2/c1-8(13)11-15-16-12(18-11)14-10-4-2-9(3-5-10)6-7-17/h2-5,8,17H,6-7,13H2,1H3,(H,14,16). The first-order chi connectivity index (χ1) is 8.69. The maximum atomic E-state index is 8.82. The van der Waals surface area contributed by atoms with Gasteiger partial charge in [-0.05, 0) is 31.0 Å². The van der Waals surface area contributed by atoms with Gasteiger partial charge in [-0.1, -0.05) is 17.2 Å². The molecule has 0 fully saturated rings. The SMILES string of the molecule is CC(N)c1nnc(Nc2ccc(CCO)cc2)o1. The van der Waals surface area contributed by atoms with Crippen LogP contribution in [0.4, 0.5) is 11.7 Å². The summed E-state index contributed by atoms with van der Waals surface area (Å²) in [5, 5.41) is 19.5. The molecule has 0 saturated heterocycles. The Morgan fingerprint density at radius 2 is 2.06 bits per heavy atom. The number of anilines is 2. The minimum Gasteiger partial charge on any atom is -0.406 e. The van der Waals surface area contributed by atoms with Crippen LogP contribution in [0.3, 0.4) is 0 Å². The van der Waals surface area contributed by atoms with Crippen LogP contribution in [0.2, 0.25) is 0 Å². The minimum absolute atomic E-state index is 0.147. The zero-order chi connectivity index (χ0) is 13.0. The monoisotopic (exact) mass is 248 g/mol. The number of aromatic nitrogens is 2. The third kappa shape index (κ3) is 3.06. The van der Waals surface area contributed by atoms with E-state index in [0.29, 0.717) is 18.3 Å². The summed E-state index contributed by atoms with van der Waals surface area (Å²) in [7, 11) is 0. The molecule has 0 bridgehead atoms. The van der Waals surface area contributed by atoms with Crippen LogP contribution in [0.15, 0.2) is 28.7 Å². The fraction of sp³-hybridized carbons (Fsp3) is 0.333. The Morgan fingerprint density at radius 3 is 2.61 bits per heavy atom. The first-order valence-electron chi connectivity index (χ1n) is 5.75. The average molecular weight is 248 g/mol. The van der Waals surface area contributed by atoms with Crippen molar-refractivity contribution >= 4 is 11.7 Å². The van der Waals surface area contributed by atoms with Gasteiger partial charge in [0.05, 0.1) is 6.04 Å². The number of rotatable bonds is 5. The van der Waals surface area contributed by atoms with Gasteiger partial charge in [0.2, 0.25) is 5.89 Å². The van der Waals surface area contributed by atoms with E-state index in [0.717, 1.165) is 11.3 Å². The van der Waals surface area contributed by atoms with Gasteiger partial charge in [-0.15, -0.1) is 5.10 Å². The van der Waals surface area contributed by atoms with Crippen molar-refractivity contribution in [2.24, 2.45) is 5.73 Å². The molecule has 0 saturated carbocycles. The Labute approximate surface area is 105 Å². The minimum atomic E-state index is -0.278. The molecule has 1 atom stereocenters. The molecule has 4 N–H and O–H groups in total. The van der Waals surface area contributed by atoms with E-state index in [9.17, 15) is 0 Å². The molecule has 0 radical (unpaired) electrons. The highest BCUT2D eigenvalue weighted by atomic mass is 16.4. The fourth-order valence-electron chi connectivity index (χ4n) is 1.48. The topological polar surface area (TPSA) is 97.2 Å². The lowest BCUT2D eigenvalue weighted by Crippen LogP contribution is -2.04. The number of hydrogen-bond acceptors (Lipinski definition) is 6. The molecular weight excluding hydrogens is 232 g/mol. The van der Waals surface area contributed by atoms with Crippen LogP contribution < -0.4 is 11.1 Å². The molecule has 0 aliphatic carbocycles. The van der Waals surface area contributed by atoms with Crippen molar-refractivity contribution in [1.29, 1.82) is 0 Å². The van der Waals surface area contributed by atoms with Crippen LogP contribution in [0.25, 0.3) is 0 Å². The summed E-state index contributed by atoms with van der Waals surface area (Å²) in [6.45, 7) is 1.93. The van der Waals surface area contributed by atoms with E-state index in [1.54, 1.807) is 6.92 Å². The second-order valence-corrected chi connectivity index (χ2v) is 4.03. The zero-order valence-electron chi connectivity index (χ0n) is 10.1. The Kier molecular flexibility index (Phi) is 3.91. The molecule has 2 rings (SSSR count). The first-order valence-corrected chi connectivity index (χ1v) is 5.75. The summed E-state index contributed by atoms with van der Waals surface area (Å²) in [6.07, 6.45) is 0.648. The van der Waals surface area contributed by atoms with E-state index < -0.39 is 0 Å². The van der Waals surface area contributed by atoms with Gasteiger partial charge in [0.1, 0.15) is 0 Å². The fourth-order valence-corrected chi connectivity index (χ4v) is 1.48. The molecule has 2 aromatic rings. The Morgan fingerprint density at radius 1 is 1.33 bits per heavy atom. The molecule has 6 nitrogen and oxygen atoms in total. The first kappa shape index (κ1) is 12.5. The number of aliphatic hydroxyl groups excluding tert-OH is 1. The largest absolute Gasteiger partial charge is 0.406 e. The van der Waals surface area contributed by atoms with Gasteiger partial charge in [-0.2, -0.15) is 0 Å². The average Bonchev–Trinajstić information content (AvgIpc) is 2.81. The van der Waals surface area contributed by atoms with Crippen LogP contribution in [0.1, 0.15) is 24.4 Å². The van der Waals surface area contributed by atoms with Gasteiger partial charge in [0, 0.05) is 12.3 Å². The zero-order valence-corrected chi connectivity index (χ0v) is 10.1. The Hall–Kier alpha value is -1.92. The molecule has 1 aromatic carbocycles. The summed E-state index contributed by atoms with van der Waals surface area (Å²) in [5.74, 6) is 0.398. The number of benzene rings is 1. The molecule has 1 aromatic heterocycles. The molecule has 0 spiro atoms. The third-order valence-electron chi connectivity index (χ3n) is 2.44. The normalized spacial score (nSPS) is 12.4. The van der Waals surface area contributed by atoms with Crippen LogP contribution >= 0.6 is 0 Å². The maximum absolute atomic E-state index is 8.82. The third-order valence-corrected chi connectivity index (χ3v) is 2.44. The second kappa shape index (κ2) is 5.61. The number of nitrogens with two attached hydrogens (primary N) is 1. The maximum Gasteiger partial charge on any atom is 0.320 e. The van der Waals surface area contributed by atoms with Gasteiger partial charge in [0.15, 0.2) is 0 Å². The van der Waals surface area contributed by atoms with Crippen LogP contribution in [-0.4, -0.2) is 21.9 Å². The molecule has 96 valence electrons. The summed E-state index contributed by atoms with van der Waals surface area (Å²) in [4.78, 5) is 0. The quantitative estimate of drug-likeness (QED) is 0.739. The van der Waals surface area contributed by atoms with E-state index >= 15 is 0 Å². The van der Waals surface area contributed by atoms with Crippen molar-refractivity contribution < 1.29 is 9.52 Å². The van der Waals surface area contributed by atoms with Crippen molar-refractivity contribution in [3.8, 4) is 0 Å². The van der Waals surface area contributed by atoms with Crippen molar-refractivity contribution in [3.05, 3.63) is 35.7 Å². The summed E-state index contributed by atoms with van der Waals surface area (Å²) >= 11 is 0. The van der Waals surface area contributed by atoms with E-state index in [1.807, 2.05) is 24.3 Å². The van der Waals surface area contributed by atoms with E-state index in [-0.39, 0.29) is 12.6 Å². The molecule has 18 heavy (non-hydrogen) atoms. The number of nitrogens with one attached hydrogen (secondary N) is 1. The highest BCUT2D eigenvalue weighted by Gasteiger charge is 2.09. The van der Waals surface area contributed by atoms with Crippen molar-refractivity contribution in [1.82, 2.24) is 10.2 Å². The van der Waals surface area contributed by atoms with E-state index in [1.165, 1.54) is 0 Å². The molecule has 0 aliphatic heterocycles. The predicted octanol–water partition coefficient (Wildman–Crippen LogP) is 1.37. The van der Waals surface area contributed by atoms with Gasteiger partial charge in [-0.3, -0.25) is 0 Å². The van der Waals surface area contributed by atoms with E-state index in [4.69, 9.17) is 15.3 Å². The number of hydrogen-bond donors (Lipinski definition) is 3. The van der Waals surface area contributed by atoms with Crippen molar-refractivity contribution in [2.75, 3.05) is 11.9 Å². The van der Waals surface area contributed by atoms with Gasteiger partial charge in [0.25, 0.3) is 0 Å². The van der Waals surface area contributed by atoms with E-state index in [2.05, 4.69) is 15.5 Å². The molecule has 0 aliphatic rings. The highest BCUT2D eigenvalue weighted by Crippen LogP contribution is 2.17. The van der Waals surface area contributed by atoms with Gasteiger partial charge < -0.3 is 20.6 Å². The van der Waals surface area contributed by atoms with Gasteiger partial charge >= 0.3 is 6.01 Å². The highest BCUT2D eigenvalue weighted by molar-refractivity contribution is 5.52. The molecule has 1 heterocycles. The van der Waals surface area contributed by atoms with Crippen LogP contribution in [0.5, 0.6) is 0 Å². The molecule has 0 amide bonds. The lowest BCUT2D eigenvalue weighted by Gasteiger charge is -2.03. The lowest BCUT2D eigenvalue weighted by molar-refractivity contribution is 0.299. The molecule has 1 unspecified atom stereocenters. The Balaban J connectivity index is 2.03. The smallest absolute Gasteiger partial charge is 0.320 e. The van der Waals surface area contributed by atoms with Gasteiger partial charge in [-0.25, -0.2) is 0 Å². The summed E-state index contributed by atoms with van der Waals surface area (Å²) in [6, 6.07) is 7.68. The number of aliphatic hydroxyl groups is 1.